The number of hydrogen-bond donors (Lipinski definition) is 2. The van der Waals surface area contributed by atoms with Gasteiger partial charge in [-0.05, 0) is 18.1 Å². The molecule has 3 rings (SSSR count). The van der Waals surface area contributed by atoms with Crippen molar-refractivity contribution in [2.75, 3.05) is 6.54 Å². The van der Waals surface area contributed by atoms with Gasteiger partial charge in [-0.1, -0.05) is 18.2 Å². The number of nitrogens with zero attached hydrogens (tertiary/aromatic N) is 2. The van der Waals surface area contributed by atoms with Crippen LogP contribution in [0.5, 0.6) is 0 Å². The van der Waals surface area contributed by atoms with Gasteiger partial charge >= 0.3 is 6.03 Å². The first-order chi connectivity index (χ1) is 10.7. The zero-order valence-corrected chi connectivity index (χ0v) is 11.6. The van der Waals surface area contributed by atoms with E-state index in [2.05, 4.69) is 10.3 Å². The Morgan fingerprint density at radius 2 is 2.05 bits per heavy atom. The molecule has 1 aliphatic rings. The third-order valence-corrected chi connectivity index (χ3v) is 3.49. The van der Waals surface area contributed by atoms with E-state index >= 15 is 0 Å². The number of amides is 4. The maximum absolute atomic E-state index is 11.7. The number of H-pyrrole nitrogens is 1. The fourth-order valence-corrected chi connectivity index (χ4v) is 2.39. The Morgan fingerprint density at radius 1 is 1.23 bits per heavy atom. The lowest BCUT2D eigenvalue weighted by atomic mass is 10.1. The summed E-state index contributed by atoms with van der Waals surface area (Å²) >= 11 is 0. The van der Waals surface area contributed by atoms with Gasteiger partial charge in [-0.15, -0.1) is 0 Å². The summed E-state index contributed by atoms with van der Waals surface area (Å²) in [5, 5.41) is 6.61. The van der Waals surface area contributed by atoms with E-state index in [-0.39, 0.29) is 5.70 Å². The van der Waals surface area contributed by atoms with E-state index in [1.807, 2.05) is 35.8 Å². The number of fused-ring (bicyclic) bond motifs is 1. The van der Waals surface area contributed by atoms with Crippen LogP contribution in [0.25, 0.3) is 10.9 Å². The highest BCUT2D eigenvalue weighted by Gasteiger charge is 2.24. The largest absolute Gasteiger partial charge is 0.361 e. The van der Waals surface area contributed by atoms with Crippen LogP contribution in [0.4, 0.5) is 4.79 Å². The first-order valence-corrected chi connectivity index (χ1v) is 6.72. The van der Waals surface area contributed by atoms with Crippen molar-refractivity contribution in [3.63, 3.8) is 0 Å². The molecular formula is C15H13N4O3. The molecule has 7 nitrogen and oxygen atoms in total. The molecule has 2 aromatic rings. The van der Waals surface area contributed by atoms with Crippen LogP contribution in [-0.4, -0.2) is 34.8 Å². The highest BCUT2D eigenvalue weighted by molar-refractivity contribution is 6.07. The number of para-hydroxylation sites is 1. The minimum Gasteiger partial charge on any atom is -0.361 e. The number of hydrogen-bond acceptors (Lipinski definition) is 3. The monoisotopic (exact) mass is 297 g/mol. The SMILES string of the molecule is O=CN(CCc1c[nH]c2ccccc12)C1=C[N]C(=O)NC1=O. The molecule has 0 bridgehead atoms. The van der Waals surface area contributed by atoms with Gasteiger partial charge < -0.3 is 9.88 Å². The molecule has 1 aromatic heterocycles. The van der Waals surface area contributed by atoms with E-state index in [0.29, 0.717) is 19.4 Å². The second-order valence-electron chi connectivity index (χ2n) is 4.81. The van der Waals surface area contributed by atoms with Crippen molar-refractivity contribution in [3.8, 4) is 0 Å². The molecule has 22 heavy (non-hydrogen) atoms. The average Bonchev–Trinajstić information content (AvgIpc) is 2.93. The maximum Gasteiger partial charge on any atom is 0.347 e. The predicted molar refractivity (Wildman–Crippen MR) is 78.5 cm³/mol. The summed E-state index contributed by atoms with van der Waals surface area (Å²) in [5.74, 6) is -0.619. The fourth-order valence-electron chi connectivity index (χ4n) is 2.39. The summed E-state index contributed by atoms with van der Waals surface area (Å²) in [4.78, 5) is 38.3. The summed E-state index contributed by atoms with van der Waals surface area (Å²) in [6, 6.07) is 7.12. The van der Waals surface area contributed by atoms with Crippen molar-refractivity contribution in [2.45, 2.75) is 6.42 Å². The number of imide groups is 1. The standard InChI is InChI=1S/C15H13N4O3/c20-9-19(13-8-17-15(22)18-14(13)21)6-5-10-7-16-12-4-2-1-3-11(10)12/h1-4,7-9,16H,5-6H2,(H,18,21,22). The lowest BCUT2D eigenvalue weighted by molar-refractivity contribution is -0.123. The Morgan fingerprint density at radius 3 is 2.82 bits per heavy atom. The Kier molecular flexibility index (Phi) is 3.61. The average molecular weight is 297 g/mol. The Balaban J connectivity index is 1.75. The van der Waals surface area contributed by atoms with Gasteiger partial charge in [0.1, 0.15) is 5.70 Å². The molecule has 2 heterocycles. The van der Waals surface area contributed by atoms with Crippen LogP contribution in [0.15, 0.2) is 42.4 Å². The maximum atomic E-state index is 11.7. The summed E-state index contributed by atoms with van der Waals surface area (Å²) < 4.78 is 0. The quantitative estimate of drug-likeness (QED) is 0.801. The molecule has 0 saturated carbocycles. The zero-order chi connectivity index (χ0) is 15.5. The number of aromatic amines is 1. The van der Waals surface area contributed by atoms with E-state index < -0.39 is 11.9 Å². The number of aromatic nitrogens is 1. The van der Waals surface area contributed by atoms with Crippen molar-refractivity contribution in [3.05, 3.63) is 47.9 Å². The van der Waals surface area contributed by atoms with Gasteiger partial charge in [0.25, 0.3) is 5.91 Å². The van der Waals surface area contributed by atoms with Gasteiger partial charge in [-0.25, -0.2) is 4.79 Å². The van der Waals surface area contributed by atoms with E-state index in [9.17, 15) is 14.4 Å². The smallest absolute Gasteiger partial charge is 0.347 e. The molecule has 0 saturated heterocycles. The van der Waals surface area contributed by atoms with Gasteiger partial charge in [0, 0.05) is 23.6 Å². The molecule has 0 fully saturated rings. The molecule has 1 aliphatic heterocycles. The van der Waals surface area contributed by atoms with Crippen molar-refractivity contribution in [1.29, 1.82) is 0 Å². The fraction of sp³-hybridized carbons (Fsp3) is 0.133. The van der Waals surface area contributed by atoms with Crippen LogP contribution in [0.1, 0.15) is 5.56 Å². The normalized spacial score (nSPS) is 14.3. The number of carbonyl (C=O) groups is 3. The number of rotatable bonds is 5. The molecule has 2 N–H and O–H groups in total. The molecule has 0 unspecified atom stereocenters. The van der Waals surface area contributed by atoms with Crippen molar-refractivity contribution in [2.24, 2.45) is 0 Å². The van der Waals surface area contributed by atoms with Crippen molar-refractivity contribution in [1.82, 2.24) is 20.5 Å². The van der Waals surface area contributed by atoms with Crippen LogP contribution in [0, 0.1) is 0 Å². The third-order valence-electron chi connectivity index (χ3n) is 3.49. The van der Waals surface area contributed by atoms with Crippen LogP contribution in [-0.2, 0) is 16.0 Å². The second-order valence-corrected chi connectivity index (χ2v) is 4.81. The molecule has 0 spiro atoms. The molecule has 7 heteroatoms. The molecule has 0 atom stereocenters. The van der Waals surface area contributed by atoms with E-state index in [0.717, 1.165) is 22.7 Å². The Labute approximate surface area is 126 Å². The van der Waals surface area contributed by atoms with Crippen molar-refractivity contribution >= 4 is 29.3 Å². The lowest BCUT2D eigenvalue weighted by Gasteiger charge is -2.21. The van der Waals surface area contributed by atoms with Crippen molar-refractivity contribution < 1.29 is 14.4 Å². The molecule has 4 amide bonds. The molecular weight excluding hydrogens is 284 g/mol. The lowest BCUT2D eigenvalue weighted by Crippen LogP contribution is -2.44. The highest BCUT2D eigenvalue weighted by Crippen LogP contribution is 2.18. The van der Waals surface area contributed by atoms with Crippen LogP contribution >= 0.6 is 0 Å². The van der Waals surface area contributed by atoms with Gasteiger partial charge in [0.2, 0.25) is 6.41 Å². The Hall–Kier alpha value is -3.09. The third kappa shape index (κ3) is 2.56. The van der Waals surface area contributed by atoms with E-state index in [4.69, 9.17) is 0 Å². The summed E-state index contributed by atoms with van der Waals surface area (Å²) in [6.45, 7) is 0.314. The first kappa shape index (κ1) is 13.9. The number of nitrogens with one attached hydrogen (secondary N) is 2. The second kappa shape index (κ2) is 5.72. The van der Waals surface area contributed by atoms with E-state index in [1.54, 1.807) is 0 Å². The topological polar surface area (TPSA) is 96.4 Å². The molecule has 0 aliphatic carbocycles. The molecule has 1 radical (unpaired) electrons. The summed E-state index contributed by atoms with van der Waals surface area (Å²) in [5.41, 5.74) is 2.13. The first-order valence-electron chi connectivity index (χ1n) is 6.72. The zero-order valence-electron chi connectivity index (χ0n) is 11.6. The minimum absolute atomic E-state index is 0.0643. The van der Waals surface area contributed by atoms with Gasteiger partial charge in [-0.3, -0.25) is 14.9 Å². The van der Waals surface area contributed by atoms with Gasteiger partial charge in [-0.2, -0.15) is 5.32 Å². The highest BCUT2D eigenvalue weighted by atomic mass is 16.2. The number of urea groups is 1. The number of benzene rings is 1. The number of carbonyl (C=O) groups excluding carboxylic acids is 3. The Bertz CT molecular complexity index is 778. The summed E-state index contributed by atoms with van der Waals surface area (Å²) in [6.07, 6.45) is 4.13. The van der Waals surface area contributed by atoms with Crippen LogP contribution < -0.4 is 10.6 Å². The van der Waals surface area contributed by atoms with Gasteiger partial charge in [0.15, 0.2) is 0 Å². The van der Waals surface area contributed by atoms with Gasteiger partial charge in [0.05, 0.1) is 6.20 Å². The predicted octanol–water partition coefficient (Wildman–Crippen LogP) is 0.864. The summed E-state index contributed by atoms with van der Waals surface area (Å²) in [7, 11) is 0. The van der Waals surface area contributed by atoms with Crippen LogP contribution in [0.2, 0.25) is 0 Å². The minimum atomic E-state index is -0.726. The molecule has 1 aromatic carbocycles. The van der Waals surface area contributed by atoms with Crippen LogP contribution in [0.3, 0.4) is 0 Å². The van der Waals surface area contributed by atoms with E-state index in [1.165, 1.54) is 4.90 Å². The molecule has 111 valence electrons.